The van der Waals surface area contributed by atoms with Gasteiger partial charge >= 0.3 is 22.6 Å². The smallest absolute Gasteiger partial charge is 0.741 e. The van der Waals surface area contributed by atoms with Crippen molar-refractivity contribution in [2.45, 2.75) is 33.2 Å². The maximum absolute atomic E-state index is 10.7. The van der Waals surface area contributed by atoms with E-state index in [1.807, 2.05) is 0 Å². The molecule has 0 aromatic carbocycles. The summed E-state index contributed by atoms with van der Waals surface area (Å²) >= 11 is 0. The Hall–Kier alpha value is -1.82. The molecule has 0 atom stereocenters. The number of rotatable bonds is 0. The number of alkyl halides is 3. The normalized spacial score (nSPS) is 6.86. The van der Waals surface area contributed by atoms with E-state index in [0.29, 0.717) is 0 Å². The molecule has 0 bridgehead atoms. The molecular weight excluding hydrogens is 365 g/mol. The molecule has 0 fully saturated rings. The summed E-state index contributed by atoms with van der Waals surface area (Å²) in [6.45, 7) is 5.72. The third-order valence-corrected chi connectivity index (χ3v) is 0.850. The average molecular weight is 377 g/mol. The Labute approximate surface area is 132 Å². The van der Waals surface area contributed by atoms with E-state index in [4.69, 9.17) is 34.0 Å². The molecule has 0 heterocycles. The zero-order valence-corrected chi connectivity index (χ0v) is 13.1. The van der Waals surface area contributed by atoms with Crippen LogP contribution in [0.3, 0.4) is 0 Å². The Morgan fingerprint density at radius 3 is 0.857 bits per heavy atom. The van der Waals surface area contributed by atoms with Crippen molar-refractivity contribution in [2.75, 3.05) is 0 Å². The number of nitrogens with zero attached hydrogens (tertiary/aromatic N) is 4. The molecule has 0 radical (unpaired) electrons. The van der Waals surface area contributed by atoms with Crippen molar-refractivity contribution in [1.29, 1.82) is 21.0 Å². The minimum absolute atomic E-state index is 0. The molecule has 0 aliphatic heterocycles. The van der Waals surface area contributed by atoms with Gasteiger partial charge in [-0.25, -0.2) is 8.42 Å². The van der Waals surface area contributed by atoms with Crippen LogP contribution in [0.25, 0.3) is 0 Å². The predicted molar refractivity (Wildman–Crippen MR) is 60.9 cm³/mol. The van der Waals surface area contributed by atoms with Gasteiger partial charge in [-0.1, -0.05) is 0 Å². The Morgan fingerprint density at radius 2 is 0.857 bits per heavy atom. The second-order valence-corrected chi connectivity index (χ2v) is 3.17. The molecule has 0 spiro atoms. The molecule has 0 amide bonds. The molecule has 0 unspecified atom stereocenters. The summed E-state index contributed by atoms with van der Waals surface area (Å²) in [6, 6.07) is 7.00. The van der Waals surface area contributed by atoms with Crippen LogP contribution >= 0.6 is 0 Å². The van der Waals surface area contributed by atoms with Crippen LogP contribution in [0.5, 0.6) is 0 Å². The van der Waals surface area contributed by atoms with Crippen LogP contribution < -0.4 is 0 Å². The van der Waals surface area contributed by atoms with Crippen LogP contribution in [-0.2, 0) is 27.2 Å². The molecule has 0 saturated heterocycles. The van der Waals surface area contributed by atoms with E-state index in [2.05, 4.69) is 0 Å². The molecule has 0 aromatic heterocycles. The first-order chi connectivity index (χ1) is 8.91. The first kappa shape index (κ1) is 36.5. The molecular formula is C9H12CuF3N4O3S. The third kappa shape index (κ3) is 92.3. The summed E-state index contributed by atoms with van der Waals surface area (Å²) in [5, 5.41) is 29.3. The van der Waals surface area contributed by atoms with E-state index >= 15 is 0 Å². The van der Waals surface area contributed by atoms with Gasteiger partial charge in [0.15, 0.2) is 10.1 Å². The second kappa shape index (κ2) is 26.7. The number of hydrogen-bond donors (Lipinski definition) is 0. The minimum atomic E-state index is -6.09. The van der Waals surface area contributed by atoms with Crippen molar-refractivity contribution in [1.82, 2.24) is 0 Å². The SMILES string of the molecule is CC#N.CC#N.CC#N.CC#N.O=S(=O)([O-])C(F)(F)F.[Cu+]. The van der Waals surface area contributed by atoms with E-state index < -0.39 is 15.6 Å². The van der Waals surface area contributed by atoms with Gasteiger partial charge in [0.2, 0.25) is 0 Å². The molecule has 0 aromatic rings. The van der Waals surface area contributed by atoms with Gasteiger partial charge in [0.25, 0.3) is 0 Å². The minimum Gasteiger partial charge on any atom is -0.741 e. The first-order valence-electron chi connectivity index (χ1n) is 4.17. The van der Waals surface area contributed by atoms with Gasteiger partial charge in [0.1, 0.15) is 0 Å². The summed E-state index contributed by atoms with van der Waals surface area (Å²) in [6.07, 6.45) is 0. The summed E-state index contributed by atoms with van der Waals surface area (Å²) in [5.41, 5.74) is -5.65. The van der Waals surface area contributed by atoms with Crippen LogP contribution in [0.15, 0.2) is 0 Å². The predicted octanol–water partition coefficient (Wildman–Crippen LogP) is 2.17. The molecule has 0 rings (SSSR count). The van der Waals surface area contributed by atoms with Crippen molar-refractivity contribution >= 4 is 10.1 Å². The largest absolute Gasteiger partial charge is 1.00 e. The Kier molecular flexibility index (Phi) is 46.4. The molecule has 0 saturated carbocycles. The van der Waals surface area contributed by atoms with Crippen molar-refractivity contribution in [3.8, 4) is 24.3 Å². The van der Waals surface area contributed by atoms with Gasteiger partial charge in [-0.15, -0.1) is 0 Å². The molecule has 7 nitrogen and oxygen atoms in total. The van der Waals surface area contributed by atoms with E-state index in [-0.39, 0.29) is 17.1 Å². The Balaban J connectivity index is -0.0000000369. The van der Waals surface area contributed by atoms with Crippen LogP contribution in [0.1, 0.15) is 27.7 Å². The van der Waals surface area contributed by atoms with Crippen LogP contribution in [-0.4, -0.2) is 18.5 Å². The summed E-state index contributed by atoms with van der Waals surface area (Å²) in [5.74, 6) is 0. The zero-order valence-electron chi connectivity index (χ0n) is 11.4. The zero-order chi connectivity index (χ0) is 17.8. The topological polar surface area (TPSA) is 152 Å². The molecule has 12 heteroatoms. The summed E-state index contributed by atoms with van der Waals surface area (Å²) in [7, 11) is -6.09. The molecule has 124 valence electrons. The van der Waals surface area contributed by atoms with Crippen LogP contribution in [0, 0.1) is 45.3 Å². The van der Waals surface area contributed by atoms with Crippen LogP contribution in [0.2, 0.25) is 0 Å². The number of hydrogen-bond acceptors (Lipinski definition) is 7. The van der Waals surface area contributed by atoms with Gasteiger partial charge in [0.05, 0.1) is 24.3 Å². The number of nitriles is 4. The Morgan fingerprint density at radius 1 is 0.810 bits per heavy atom. The average Bonchev–Trinajstić information content (AvgIpc) is 2.18. The molecule has 21 heavy (non-hydrogen) atoms. The van der Waals surface area contributed by atoms with Gasteiger partial charge in [-0.05, 0) is 0 Å². The maximum atomic E-state index is 10.7. The van der Waals surface area contributed by atoms with Crippen molar-refractivity contribution < 1.29 is 43.2 Å². The quantitative estimate of drug-likeness (QED) is 0.356. The van der Waals surface area contributed by atoms with Crippen molar-refractivity contribution in [3.63, 3.8) is 0 Å². The van der Waals surface area contributed by atoms with Gasteiger partial charge in [-0.2, -0.15) is 34.2 Å². The van der Waals surface area contributed by atoms with E-state index in [1.165, 1.54) is 27.7 Å². The first-order valence-corrected chi connectivity index (χ1v) is 5.57. The third-order valence-electron chi connectivity index (χ3n) is 0.283. The monoisotopic (exact) mass is 376 g/mol. The second-order valence-electron chi connectivity index (χ2n) is 1.79. The van der Waals surface area contributed by atoms with E-state index in [9.17, 15) is 13.2 Å². The Bertz CT molecular complexity index is 419. The summed E-state index contributed by atoms with van der Waals surface area (Å²) < 4.78 is 58.9. The fraction of sp³-hybridized carbons (Fsp3) is 0.556. The van der Waals surface area contributed by atoms with Gasteiger partial charge < -0.3 is 4.55 Å². The fourth-order valence-electron chi connectivity index (χ4n) is 0. The van der Waals surface area contributed by atoms with E-state index in [0.717, 1.165) is 0 Å². The number of halogens is 3. The fourth-order valence-corrected chi connectivity index (χ4v) is 0. The molecule has 0 N–H and O–H groups in total. The standard InChI is InChI=1S/4C2H3N.CHF3O3S.Cu/c4*1-2-3;2-1(3,4)8(5,6)7;/h4*1H3;(H,5,6,7);/q;;;;;+1/p-1. The van der Waals surface area contributed by atoms with Crippen molar-refractivity contribution in [3.05, 3.63) is 0 Å². The summed E-state index contributed by atoms with van der Waals surface area (Å²) in [4.78, 5) is 0. The van der Waals surface area contributed by atoms with Crippen molar-refractivity contribution in [2.24, 2.45) is 0 Å². The molecule has 0 aliphatic carbocycles. The van der Waals surface area contributed by atoms with E-state index in [1.54, 1.807) is 24.3 Å². The van der Waals surface area contributed by atoms with Gasteiger partial charge in [0, 0.05) is 27.7 Å². The van der Waals surface area contributed by atoms with Gasteiger partial charge in [-0.3, -0.25) is 0 Å². The van der Waals surface area contributed by atoms with Crippen LogP contribution in [0.4, 0.5) is 13.2 Å². The molecule has 0 aliphatic rings. The maximum Gasteiger partial charge on any atom is 1.00 e.